The number of carbonyl (C=O) groups is 2. The molecule has 1 atom stereocenters. The van der Waals surface area contributed by atoms with Crippen LogP contribution in [0.15, 0.2) is 42.5 Å². The molecule has 2 aromatic rings. The molecule has 3 N–H and O–H groups in total. The number of hydrogen-bond acceptors (Lipinski definition) is 4. The zero-order valence-corrected chi connectivity index (χ0v) is 13.2. The Hall–Kier alpha value is -2.66. The monoisotopic (exact) mass is 312 g/mol. The molecule has 120 valence electrons. The lowest BCUT2D eigenvalue weighted by Gasteiger charge is -2.16. The number of aliphatic carboxylic acids is 1. The highest BCUT2D eigenvalue weighted by Crippen LogP contribution is 2.29. The van der Waals surface area contributed by atoms with Crippen LogP contribution in [0.3, 0.4) is 0 Å². The van der Waals surface area contributed by atoms with Gasteiger partial charge in [0.1, 0.15) is 6.04 Å². The summed E-state index contributed by atoms with van der Waals surface area (Å²) in [5.41, 5.74) is 7.37. The Morgan fingerprint density at radius 2 is 1.83 bits per heavy atom. The summed E-state index contributed by atoms with van der Waals surface area (Å²) in [4.78, 5) is 24.5. The molecule has 0 radical (unpaired) electrons. The second-order valence-corrected chi connectivity index (χ2v) is 5.56. The van der Waals surface area contributed by atoms with Crippen molar-refractivity contribution in [2.45, 2.75) is 12.5 Å². The Bertz CT molecular complexity index is 766. The highest BCUT2D eigenvalue weighted by molar-refractivity contribution is 6.02. The number of hydrogen-bond donors (Lipinski definition) is 2. The van der Waals surface area contributed by atoms with E-state index in [1.165, 1.54) is 6.08 Å². The maximum Gasteiger partial charge on any atom is 0.320 e. The average molecular weight is 312 g/mol. The van der Waals surface area contributed by atoms with Crippen molar-refractivity contribution in [3.05, 3.63) is 48.0 Å². The largest absolute Gasteiger partial charge is 0.480 e. The van der Waals surface area contributed by atoms with E-state index in [4.69, 9.17) is 10.8 Å². The predicted octanol–water partition coefficient (Wildman–Crippen LogP) is 2.29. The zero-order chi connectivity index (χ0) is 17.0. The van der Waals surface area contributed by atoms with E-state index >= 15 is 0 Å². The van der Waals surface area contributed by atoms with E-state index in [1.54, 1.807) is 6.08 Å². The molecule has 2 rings (SSSR count). The van der Waals surface area contributed by atoms with Crippen molar-refractivity contribution in [3.63, 3.8) is 0 Å². The first-order valence-corrected chi connectivity index (χ1v) is 7.28. The number of nitrogens with two attached hydrogens (primary N) is 1. The van der Waals surface area contributed by atoms with E-state index in [0.29, 0.717) is 0 Å². The van der Waals surface area contributed by atoms with Crippen LogP contribution in [0.2, 0.25) is 0 Å². The van der Waals surface area contributed by atoms with Crippen LogP contribution in [0.5, 0.6) is 0 Å². The van der Waals surface area contributed by atoms with E-state index in [2.05, 4.69) is 0 Å². The Kier molecular flexibility index (Phi) is 5.13. The third kappa shape index (κ3) is 3.96. The Morgan fingerprint density at radius 1 is 1.17 bits per heavy atom. The number of nitrogens with zero attached hydrogens (tertiary/aromatic N) is 1. The highest BCUT2D eigenvalue weighted by atomic mass is 16.4. The van der Waals surface area contributed by atoms with Crippen LogP contribution in [0.1, 0.15) is 12.0 Å². The molecule has 0 bridgehead atoms. The lowest BCUT2D eigenvalue weighted by atomic mass is 10.0. The van der Waals surface area contributed by atoms with Crippen molar-refractivity contribution in [3.8, 4) is 0 Å². The summed E-state index contributed by atoms with van der Waals surface area (Å²) in [5.74, 6) is -1.48. The summed E-state index contributed by atoms with van der Waals surface area (Å²) >= 11 is 0. The molecule has 0 aliphatic carbocycles. The second-order valence-electron chi connectivity index (χ2n) is 5.56. The number of carboxylic acids is 1. The molecular formula is C18H20N2O3. The van der Waals surface area contributed by atoms with Crippen LogP contribution in [-0.4, -0.2) is 37.0 Å². The van der Waals surface area contributed by atoms with E-state index in [9.17, 15) is 9.59 Å². The normalized spacial score (nSPS) is 12.5. The van der Waals surface area contributed by atoms with Gasteiger partial charge in [0.25, 0.3) is 0 Å². The van der Waals surface area contributed by atoms with Crippen molar-refractivity contribution in [2.75, 3.05) is 19.0 Å². The van der Waals surface area contributed by atoms with Crippen LogP contribution in [-0.2, 0) is 9.59 Å². The number of benzene rings is 2. The molecule has 23 heavy (non-hydrogen) atoms. The fourth-order valence-corrected chi connectivity index (χ4v) is 2.40. The molecule has 0 saturated heterocycles. The number of carbonyl (C=O) groups excluding carboxylic acids is 1. The molecule has 0 spiro atoms. The number of allylic oxidation sites excluding steroid dienone is 1. The van der Waals surface area contributed by atoms with E-state index < -0.39 is 12.0 Å². The molecule has 0 heterocycles. The van der Waals surface area contributed by atoms with Crippen molar-refractivity contribution >= 4 is 34.3 Å². The van der Waals surface area contributed by atoms with Crippen LogP contribution in [0.25, 0.3) is 16.8 Å². The third-order valence-corrected chi connectivity index (χ3v) is 3.60. The number of anilines is 1. The molecular weight excluding hydrogens is 292 g/mol. The summed E-state index contributed by atoms with van der Waals surface area (Å²) in [6, 6.07) is 10.7. The van der Waals surface area contributed by atoms with Gasteiger partial charge in [-0.25, -0.2) is 0 Å². The molecule has 0 unspecified atom stereocenters. The lowest BCUT2D eigenvalue weighted by Crippen LogP contribution is -2.32. The van der Waals surface area contributed by atoms with Gasteiger partial charge in [0.2, 0.25) is 0 Å². The summed E-state index contributed by atoms with van der Waals surface area (Å²) < 4.78 is 0. The van der Waals surface area contributed by atoms with Gasteiger partial charge in [0.15, 0.2) is 5.78 Å². The molecule has 2 aromatic carbocycles. The standard InChI is InChI=1S/C18H20N2O3/c1-20(2)17-10-8-12(14-5-3-4-6-15(14)17)7-9-13(21)11-16(19)18(22)23/h3-10,16H,11,19H2,1-2H3,(H,22,23)/b9-7+/t16-/m0/s1. The van der Waals surface area contributed by atoms with Gasteiger partial charge in [-0.3, -0.25) is 9.59 Å². The maximum atomic E-state index is 11.8. The fourth-order valence-electron chi connectivity index (χ4n) is 2.40. The van der Waals surface area contributed by atoms with E-state index in [-0.39, 0.29) is 12.2 Å². The highest BCUT2D eigenvalue weighted by Gasteiger charge is 2.14. The molecule has 0 aromatic heterocycles. The van der Waals surface area contributed by atoms with Crippen LogP contribution >= 0.6 is 0 Å². The molecule has 0 saturated carbocycles. The predicted molar refractivity (Wildman–Crippen MR) is 92.5 cm³/mol. The van der Waals surface area contributed by atoms with Crippen molar-refractivity contribution in [2.24, 2.45) is 5.73 Å². The van der Waals surface area contributed by atoms with Crippen molar-refractivity contribution < 1.29 is 14.7 Å². The SMILES string of the molecule is CN(C)c1ccc(/C=C/C(=O)C[C@H](N)C(=O)O)c2ccccc12. The Morgan fingerprint density at radius 3 is 2.43 bits per heavy atom. The van der Waals surface area contributed by atoms with E-state index in [0.717, 1.165) is 22.0 Å². The van der Waals surface area contributed by atoms with Crippen LogP contribution in [0, 0.1) is 0 Å². The second kappa shape index (κ2) is 7.07. The maximum absolute atomic E-state index is 11.8. The quantitative estimate of drug-likeness (QED) is 0.800. The minimum absolute atomic E-state index is 0.209. The van der Waals surface area contributed by atoms with Gasteiger partial charge in [-0.1, -0.05) is 36.4 Å². The minimum atomic E-state index is -1.17. The third-order valence-electron chi connectivity index (χ3n) is 3.60. The first-order valence-electron chi connectivity index (χ1n) is 7.28. The lowest BCUT2D eigenvalue weighted by molar-refractivity contribution is -0.139. The van der Waals surface area contributed by atoms with Gasteiger partial charge in [-0.15, -0.1) is 0 Å². The van der Waals surface area contributed by atoms with Gasteiger partial charge in [0, 0.05) is 31.6 Å². The van der Waals surface area contributed by atoms with Gasteiger partial charge < -0.3 is 15.7 Å². The van der Waals surface area contributed by atoms with E-state index in [1.807, 2.05) is 55.4 Å². The summed E-state index contributed by atoms with van der Waals surface area (Å²) in [6.45, 7) is 0. The summed E-state index contributed by atoms with van der Waals surface area (Å²) in [5, 5.41) is 10.9. The van der Waals surface area contributed by atoms with Gasteiger partial charge in [-0.2, -0.15) is 0 Å². The minimum Gasteiger partial charge on any atom is -0.480 e. The summed E-state index contributed by atoms with van der Waals surface area (Å²) in [7, 11) is 3.96. The molecule has 0 fully saturated rings. The molecule has 0 aliphatic heterocycles. The van der Waals surface area contributed by atoms with Crippen LogP contribution in [0.4, 0.5) is 5.69 Å². The topological polar surface area (TPSA) is 83.6 Å². The molecule has 5 nitrogen and oxygen atoms in total. The number of ketones is 1. The molecule has 0 amide bonds. The van der Waals surface area contributed by atoms with Gasteiger partial charge in [-0.05, 0) is 23.1 Å². The number of fused-ring (bicyclic) bond motifs is 1. The van der Waals surface area contributed by atoms with Crippen LogP contribution < -0.4 is 10.6 Å². The Balaban J connectivity index is 2.31. The summed E-state index contributed by atoms with van der Waals surface area (Å²) in [6.07, 6.45) is 2.89. The zero-order valence-electron chi connectivity index (χ0n) is 13.2. The first-order chi connectivity index (χ1) is 10.9. The number of rotatable bonds is 6. The van der Waals surface area contributed by atoms with Crippen molar-refractivity contribution in [1.29, 1.82) is 0 Å². The van der Waals surface area contributed by atoms with Crippen molar-refractivity contribution in [1.82, 2.24) is 0 Å². The molecule has 5 heteroatoms. The molecule has 0 aliphatic rings. The smallest absolute Gasteiger partial charge is 0.320 e. The van der Waals surface area contributed by atoms with Gasteiger partial charge >= 0.3 is 5.97 Å². The fraction of sp³-hybridized carbons (Fsp3) is 0.222. The number of carboxylic acid groups (broad SMARTS) is 1. The van der Waals surface area contributed by atoms with Gasteiger partial charge in [0.05, 0.1) is 0 Å². The average Bonchev–Trinajstić information content (AvgIpc) is 2.52. The Labute approximate surface area is 135 Å². The first kappa shape index (κ1) is 16.7.